The summed E-state index contributed by atoms with van der Waals surface area (Å²) >= 11 is 0. The van der Waals surface area contributed by atoms with E-state index in [1.165, 1.54) is 12.1 Å². The molecule has 5 nitrogen and oxygen atoms in total. The molecular formula is C14H11FO5. The van der Waals surface area contributed by atoms with E-state index in [4.69, 9.17) is 26.2 Å². The van der Waals surface area contributed by atoms with Crippen LogP contribution in [0.15, 0.2) is 30.3 Å². The standard InChI is InChI=1S/C12H7FO.2CH2O2/c1-2-10-11-5-4-9(14)7-8(11)3-6-12(10)13;2*2-1-3/h1,3-7,14H;2*1H,(H,2,3). The minimum Gasteiger partial charge on any atom is -0.508 e. The molecule has 0 aliphatic carbocycles. The molecule has 2 aromatic rings. The smallest absolute Gasteiger partial charge is 0.290 e. The van der Waals surface area contributed by atoms with Gasteiger partial charge in [0.25, 0.3) is 12.9 Å². The van der Waals surface area contributed by atoms with Crippen molar-refractivity contribution in [3.05, 3.63) is 41.7 Å². The molecule has 0 amide bonds. The van der Waals surface area contributed by atoms with Crippen molar-refractivity contribution in [2.75, 3.05) is 0 Å². The molecule has 2 aromatic carbocycles. The zero-order chi connectivity index (χ0) is 15.5. The number of benzene rings is 2. The Balaban J connectivity index is 0.000000520. The zero-order valence-corrected chi connectivity index (χ0v) is 10.2. The van der Waals surface area contributed by atoms with Crippen molar-refractivity contribution >= 4 is 23.7 Å². The van der Waals surface area contributed by atoms with Gasteiger partial charge in [-0.3, -0.25) is 9.59 Å². The van der Waals surface area contributed by atoms with E-state index in [9.17, 15) is 9.50 Å². The number of phenolic OH excluding ortho intramolecular Hbond substituents is 1. The summed E-state index contributed by atoms with van der Waals surface area (Å²) in [5, 5.41) is 24.4. The summed E-state index contributed by atoms with van der Waals surface area (Å²) in [5.74, 6) is 2.04. The third-order valence-electron chi connectivity index (χ3n) is 2.10. The molecule has 0 atom stereocenters. The van der Waals surface area contributed by atoms with Crippen LogP contribution in [-0.4, -0.2) is 28.3 Å². The van der Waals surface area contributed by atoms with Gasteiger partial charge in [0.2, 0.25) is 0 Å². The zero-order valence-electron chi connectivity index (χ0n) is 10.2. The number of rotatable bonds is 0. The fraction of sp³-hybridized carbons (Fsp3) is 0. The van der Waals surface area contributed by atoms with E-state index in [2.05, 4.69) is 5.92 Å². The van der Waals surface area contributed by atoms with Gasteiger partial charge in [0.15, 0.2) is 0 Å². The molecule has 20 heavy (non-hydrogen) atoms. The summed E-state index contributed by atoms with van der Waals surface area (Å²) in [6.07, 6.45) is 5.20. The second-order valence-electron chi connectivity index (χ2n) is 3.18. The van der Waals surface area contributed by atoms with E-state index >= 15 is 0 Å². The highest BCUT2D eigenvalue weighted by Gasteiger charge is 2.04. The average molecular weight is 278 g/mol. The van der Waals surface area contributed by atoms with Crippen LogP contribution in [0.1, 0.15) is 5.56 Å². The van der Waals surface area contributed by atoms with Gasteiger partial charge in [-0.05, 0) is 29.7 Å². The van der Waals surface area contributed by atoms with E-state index in [0.717, 1.165) is 5.39 Å². The predicted octanol–water partition coefficient (Wildman–Crippen LogP) is 2.07. The van der Waals surface area contributed by atoms with E-state index in [1.54, 1.807) is 18.2 Å². The lowest BCUT2D eigenvalue weighted by Gasteiger charge is -2.02. The summed E-state index contributed by atoms with van der Waals surface area (Å²) in [7, 11) is 0. The first-order chi connectivity index (χ1) is 9.55. The van der Waals surface area contributed by atoms with Crippen molar-refractivity contribution in [2.45, 2.75) is 0 Å². The molecule has 3 N–H and O–H groups in total. The van der Waals surface area contributed by atoms with Crippen LogP contribution in [0.25, 0.3) is 10.8 Å². The Morgan fingerprint density at radius 1 is 1.10 bits per heavy atom. The third-order valence-corrected chi connectivity index (χ3v) is 2.10. The number of phenols is 1. The second kappa shape index (κ2) is 8.94. The number of carboxylic acid groups (broad SMARTS) is 2. The average Bonchev–Trinajstić information content (AvgIpc) is 2.41. The van der Waals surface area contributed by atoms with Crippen molar-refractivity contribution in [3.63, 3.8) is 0 Å². The largest absolute Gasteiger partial charge is 0.508 e. The Morgan fingerprint density at radius 2 is 1.65 bits per heavy atom. The number of hydrogen-bond donors (Lipinski definition) is 3. The van der Waals surface area contributed by atoms with Gasteiger partial charge in [-0.15, -0.1) is 6.42 Å². The number of terminal acetylenes is 1. The van der Waals surface area contributed by atoms with Crippen LogP contribution in [0.5, 0.6) is 5.75 Å². The van der Waals surface area contributed by atoms with Crippen molar-refractivity contribution in [3.8, 4) is 18.1 Å². The number of fused-ring (bicyclic) bond motifs is 1. The SMILES string of the molecule is C#Cc1c(F)ccc2cc(O)ccc12.O=CO.O=CO. The van der Waals surface area contributed by atoms with Crippen LogP contribution in [0, 0.1) is 18.2 Å². The van der Waals surface area contributed by atoms with E-state index in [0.29, 0.717) is 5.39 Å². The van der Waals surface area contributed by atoms with Gasteiger partial charge in [0, 0.05) is 5.39 Å². The van der Waals surface area contributed by atoms with Crippen molar-refractivity contribution in [1.82, 2.24) is 0 Å². The van der Waals surface area contributed by atoms with Gasteiger partial charge in [-0.2, -0.15) is 0 Å². The van der Waals surface area contributed by atoms with Crippen LogP contribution >= 0.6 is 0 Å². The maximum absolute atomic E-state index is 13.2. The molecule has 0 spiro atoms. The lowest BCUT2D eigenvalue weighted by molar-refractivity contribution is -0.123. The first kappa shape index (κ1) is 16.9. The van der Waals surface area contributed by atoms with Crippen LogP contribution in [0.3, 0.4) is 0 Å². The Bertz CT molecular complexity index is 625. The van der Waals surface area contributed by atoms with Gasteiger partial charge in [-0.25, -0.2) is 4.39 Å². The molecule has 104 valence electrons. The molecular weight excluding hydrogens is 267 g/mol. The third kappa shape index (κ3) is 4.66. The maximum Gasteiger partial charge on any atom is 0.290 e. The molecule has 2 rings (SSSR count). The Hall–Kier alpha value is -3.07. The van der Waals surface area contributed by atoms with E-state index < -0.39 is 5.82 Å². The number of carbonyl (C=O) groups is 2. The van der Waals surface area contributed by atoms with Crippen LogP contribution < -0.4 is 0 Å². The Labute approximate surface area is 113 Å². The highest BCUT2D eigenvalue weighted by atomic mass is 19.1. The summed E-state index contributed by atoms with van der Waals surface area (Å²) in [5.41, 5.74) is 0.238. The van der Waals surface area contributed by atoms with Gasteiger partial charge in [0.1, 0.15) is 11.6 Å². The molecule has 0 fully saturated rings. The monoisotopic (exact) mass is 278 g/mol. The first-order valence-electron chi connectivity index (χ1n) is 5.09. The van der Waals surface area contributed by atoms with Crippen molar-refractivity contribution in [1.29, 1.82) is 0 Å². The summed E-state index contributed by atoms with van der Waals surface area (Å²) in [6, 6.07) is 7.54. The summed E-state index contributed by atoms with van der Waals surface area (Å²) in [6.45, 7) is -0.500. The van der Waals surface area contributed by atoms with Crippen molar-refractivity contribution in [2.24, 2.45) is 0 Å². The lowest BCUT2D eigenvalue weighted by Crippen LogP contribution is -1.85. The fourth-order valence-corrected chi connectivity index (χ4v) is 1.44. The Kier molecular flexibility index (Phi) is 7.57. The van der Waals surface area contributed by atoms with Crippen LogP contribution in [0.4, 0.5) is 4.39 Å². The molecule has 0 aliphatic rings. The van der Waals surface area contributed by atoms with Crippen molar-refractivity contribution < 1.29 is 29.3 Å². The van der Waals surface area contributed by atoms with Crippen LogP contribution in [0.2, 0.25) is 0 Å². The topological polar surface area (TPSA) is 94.8 Å². The quantitative estimate of drug-likeness (QED) is 0.506. The second-order valence-corrected chi connectivity index (χ2v) is 3.18. The number of hydrogen-bond acceptors (Lipinski definition) is 3. The fourth-order valence-electron chi connectivity index (χ4n) is 1.44. The highest BCUT2D eigenvalue weighted by Crippen LogP contribution is 2.24. The predicted molar refractivity (Wildman–Crippen MR) is 70.9 cm³/mol. The molecule has 0 heterocycles. The number of aromatic hydroxyl groups is 1. The minimum atomic E-state index is -0.411. The lowest BCUT2D eigenvalue weighted by atomic mass is 10.0. The maximum atomic E-state index is 13.2. The normalized spacial score (nSPS) is 8.20. The molecule has 0 aliphatic heterocycles. The first-order valence-corrected chi connectivity index (χ1v) is 5.09. The summed E-state index contributed by atoms with van der Waals surface area (Å²) < 4.78 is 13.2. The van der Waals surface area contributed by atoms with E-state index in [-0.39, 0.29) is 24.3 Å². The minimum absolute atomic E-state index is 0.145. The van der Waals surface area contributed by atoms with Gasteiger partial charge in [-0.1, -0.05) is 12.0 Å². The Morgan fingerprint density at radius 3 is 2.15 bits per heavy atom. The molecule has 0 bridgehead atoms. The molecule has 0 radical (unpaired) electrons. The van der Waals surface area contributed by atoms with Gasteiger partial charge >= 0.3 is 0 Å². The number of halogens is 1. The molecule has 0 aromatic heterocycles. The highest BCUT2D eigenvalue weighted by molar-refractivity contribution is 5.89. The molecule has 0 saturated carbocycles. The van der Waals surface area contributed by atoms with Gasteiger partial charge in [0.05, 0.1) is 5.56 Å². The molecule has 0 unspecified atom stereocenters. The summed E-state index contributed by atoms with van der Waals surface area (Å²) in [4.78, 5) is 16.7. The van der Waals surface area contributed by atoms with Crippen LogP contribution in [-0.2, 0) is 9.59 Å². The molecule has 6 heteroatoms. The van der Waals surface area contributed by atoms with E-state index in [1.807, 2.05) is 0 Å². The van der Waals surface area contributed by atoms with Gasteiger partial charge < -0.3 is 15.3 Å². The molecule has 0 saturated heterocycles.